The van der Waals surface area contributed by atoms with Crippen LogP contribution in [-0.2, 0) is 4.79 Å². The number of pyridine rings is 1. The Morgan fingerprint density at radius 3 is 2.46 bits per heavy atom. The van der Waals surface area contributed by atoms with Crippen molar-refractivity contribution in [3.05, 3.63) is 53.7 Å². The Kier molecular flexibility index (Phi) is 5.11. The van der Waals surface area contributed by atoms with E-state index in [1.54, 1.807) is 11.0 Å². The SMILES string of the molecule is CC(=O)N1CCN(c2cc(C(=O)Nc3ccc(F)cc3F)ccn2)CC1. The molecule has 0 radical (unpaired) electrons. The number of hydrogen-bond acceptors (Lipinski definition) is 4. The van der Waals surface area contributed by atoms with Gasteiger partial charge in [0, 0.05) is 50.9 Å². The molecule has 136 valence electrons. The van der Waals surface area contributed by atoms with Gasteiger partial charge in [-0.05, 0) is 24.3 Å². The third-order valence-electron chi connectivity index (χ3n) is 4.24. The predicted molar refractivity (Wildman–Crippen MR) is 93.0 cm³/mol. The number of nitrogens with zero attached hydrogens (tertiary/aromatic N) is 3. The molecule has 0 bridgehead atoms. The Morgan fingerprint density at radius 1 is 1.08 bits per heavy atom. The van der Waals surface area contributed by atoms with Gasteiger partial charge in [0.2, 0.25) is 5.91 Å². The Balaban J connectivity index is 1.71. The van der Waals surface area contributed by atoms with Gasteiger partial charge in [-0.25, -0.2) is 13.8 Å². The molecule has 1 aromatic heterocycles. The molecule has 0 spiro atoms. The van der Waals surface area contributed by atoms with Crippen molar-refractivity contribution in [3.63, 3.8) is 0 Å². The molecule has 2 amide bonds. The topological polar surface area (TPSA) is 65.5 Å². The van der Waals surface area contributed by atoms with E-state index in [0.717, 1.165) is 6.07 Å². The molecule has 0 unspecified atom stereocenters. The molecule has 2 aromatic rings. The van der Waals surface area contributed by atoms with Crippen LogP contribution in [0.4, 0.5) is 20.3 Å². The van der Waals surface area contributed by atoms with Crippen LogP contribution in [0, 0.1) is 11.6 Å². The van der Waals surface area contributed by atoms with Gasteiger partial charge < -0.3 is 15.1 Å². The van der Waals surface area contributed by atoms with Gasteiger partial charge in [0.1, 0.15) is 17.5 Å². The van der Waals surface area contributed by atoms with E-state index in [0.29, 0.717) is 43.6 Å². The van der Waals surface area contributed by atoms with Gasteiger partial charge in [-0.2, -0.15) is 0 Å². The van der Waals surface area contributed by atoms with Crippen LogP contribution in [0.2, 0.25) is 0 Å². The summed E-state index contributed by atoms with van der Waals surface area (Å²) in [7, 11) is 0. The van der Waals surface area contributed by atoms with Crippen molar-refractivity contribution in [2.45, 2.75) is 6.92 Å². The number of anilines is 2. The van der Waals surface area contributed by atoms with Gasteiger partial charge in [0.15, 0.2) is 0 Å². The minimum absolute atomic E-state index is 0.0343. The third-order valence-corrected chi connectivity index (χ3v) is 4.24. The van der Waals surface area contributed by atoms with Crippen molar-refractivity contribution in [1.82, 2.24) is 9.88 Å². The zero-order valence-electron chi connectivity index (χ0n) is 14.2. The Morgan fingerprint density at radius 2 is 1.81 bits per heavy atom. The maximum absolute atomic E-state index is 13.7. The second kappa shape index (κ2) is 7.47. The molecule has 1 aliphatic rings. The summed E-state index contributed by atoms with van der Waals surface area (Å²) in [6.07, 6.45) is 1.50. The first-order valence-electron chi connectivity index (χ1n) is 8.17. The average molecular weight is 360 g/mol. The van der Waals surface area contributed by atoms with E-state index in [1.807, 2.05) is 4.90 Å². The first kappa shape index (κ1) is 17.8. The Bertz CT molecular complexity index is 836. The fourth-order valence-corrected chi connectivity index (χ4v) is 2.77. The number of benzene rings is 1. The van der Waals surface area contributed by atoms with Crippen LogP contribution in [0.1, 0.15) is 17.3 Å². The summed E-state index contributed by atoms with van der Waals surface area (Å²) in [6, 6.07) is 6.09. The second-order valence-electron chi connectivity index (χ2n) is 5.97. The number of aromatic nitrogens is 1. The molecule has 1 aliphatic heterocycles. The van der Waals surface area contributed by atoms with Crippen molar-refractivity contribution in [1.29, 1.82) is 0 Å². The van der Waals surface area contributed by atoms with Gasteiger partial charge in [0.05, 0.1) is 5.69 Å². The summed E-state index contributed by atoms with van der Waals surface area (Å²) in [5.41, 5.74) is 0.220. The molecule has 2 heterocycles. The van der Waals surface area contributed by atoms with E-state index < -0.39 is 17.5 Å². The molecule has 0 saturated carbocycles. The van der Waals surface area contributed by atoms with Gasteiger partial charge in [-0.15, -0.1) is 0 Å². The molecular formula is C18H18F2N4O2. The summed E-state index contributed by atoms with van der Waals surface area (Å²) >= 11 is 0. The fourth-order valence-electron chi connectivity index (χ4n) is 2.77. The van der Waals surface area contributed by atoms with Gasteiger partial charge in [-0.3, -0.25) is 9.59 Å². The highest BCUT2D eigenvalue weighted by atomic mass is 19.1. The largest absolute Gasteiger partial charge is 0.353 e. The van der Waals surface area contributed by atoms with E-state index >= 15 is 0 Å². The van der Waals surface area contributed by atoms with Crippen LogP contribution >= 0.6 is 0 Å². The molecule has 1 saturated heterocycles. The van der Waals surface area contributed by atoms with Crippen molar-refractivity contribution in [2.24, 2.45) is 0 Å². The third kappa shape index (κ3) is 3.96. The standard InChI is InChI=1S/C18H18F2N4O2/c1-12(25)23-6-8-24(9-7-23)17-10-13(4-5-21-17)18(26)22-16-3-2-14(19)11-15(16)20/h2-5,10-11H,6-9H2,1H3,(H,22,26). The number of rotatable bonds is 3. The number of nitrogens with one attached hydrogen (secondary N) is 1. The Hall–Kier alpha value is -3.03. The molecule has 6 nitrogen and oxygen atoms in total. The molecule has 0 atom stereocenters. The molecule has 0 aliphatic carbocycles. The lowest BCUT2D eigenvalue weighted by molar-refractivity contribution is -0.129. The van der Waals surface area contributed by atoms with Crippen LogP contribution in [0.15, 0.2) is 36.5 Å². The highest BCUT2D eigenvalue weighted by Gasteiger charge is 2.20. The highest BCUT2D eigenvalue weighted by Crippen LogP contribution is 2.19. The molecule has 1 N–H and O–H groups in total. The predicted octanol–water partition coefficient (Wildman–Crippen LogP) is 2.28. The van der Waals surface area contributed by atoms with Crippen molar-refractivity contribution in [3.8, 4) is 0 Å². The number of hydrogen-bond donors (Lipinski definition) is 1. The maximum atomic E-state index is 13.7. The van der Waals surface area contributed by atoms with Crippen LogP contribution < -0.4 is 10.2 Å². The molecule has 3 rings (SSSR count). The molecular weight excluding hydrogens is 342 g/mol. The summed E-state index contributed by atoms with van der Waals surface area (Å²) < 4.78 is 26.6. The normalized spacial score (nSPS) is 14.3. The first-order chi connectivity index (χ1) is 12.4. The lowest BCUT2D eigenvalue weighted by Gasteiger charge is -2.35. The van der Waals surface area contributed by atoms with Crippen LogP contribution in [-0.4, -0.2) is 47.9 Å². The molecule has 26 heavy (non-hydrogen) atoms. The van der Waals surface area contributed by atoms with E-state index in [9.17, 15) is 18.4 Å². The number of carbonyl (C=O) groups is 2. The Labute approximate surface area is 149 Å². The van der Waals surface area contributed by atoms with E-state index in [4.69, 9.17) is 0 Å². The number of amides is 2. The van der Waals surface area contributed by atoms with E-state index in [2.05, 4.69) is 10.3 Å². The summed E-state index contributed by atoms with van der Waals surface area (Å²) in [5.74, 6) is -1.42. The summed E-state index contributed by atoms with van der Waals surface area (Å²) in [5, 5.41) is 2.43. The van der Waals surface area contributed by atoms with Gasteiger partial charge >= 0.3 is 0 Å². The van der Waals surface area contributed by atoms with Crippen molar-refractivity contribution >= 4 is 23.3 Å². The molecule has 1 aromatic carbocycles. The smallest absolute Gasteiger partial charge is 0.255 e. The molecule has 1 fully saturated rings. The number of piperazine rings is 1. The van der Waals surface area contributed by atoms with Crippen LogP contribution in [0.5, 0.6) is 0 Å². The van der Waals surface area contributed by atoms with E-state index in [-0.39, 0.29) is 11.6 Å². The molecule has 8 heteroatoms. The second-order valence-corrected chi connectivity index (χ2v) is 5.97. The zero-order valence-corrected chi connectivity index (χ0v) is 14.2. The maximum Gasteiger partial charge on any atom is 0.255 e. The fraction of sp³-hybridized carbons (Fsp3) is 0.278. The minimum Gasteiger partial charge on any atom is -0.353 e. The van der Waals surface area contributed by atoms with E-state index in [1.165, 1.54) is 25.3 Å². The zero-order chi connectivity index (χ0) is 18.7. The number of carbonyl (C=O) groups excluding carboxylic acids is 2. The monoisotopic (exact) mass is 360 g/mol. The van der Waals surface area contributed by atoms with Gasteiger partial charge in [-0.1, -0.05) is 0 Å². The highest BCUT2D eigenvalue weighted by molar-refractivity contribution is 6.04. The quantitative estimate of drug-likeness (QED) is 0.912. The summed E-state index contributed by atoms with van der Waals surface area (Å²) in [4.78, 5) is 31.8. The minimum atomic E-state index is -0.840. The van der Waals surface area contributed by atoms with Crippen LogP contribution in [0.25, 0.3) is 0 Å². The average Bonchev–Trinajstić information content (AvgIpc) is 2.64. The lowest BCUT2D eigenvalue weighted by atomic mass is 10.2. The van der Waals surface area contributed by atoms with Crippen molar-refractivity contribution < 1.29 is 18.4 Å². The first-order valence-corrected chi connectivity index (χ1v) is 8.17. The van der Waals surface area contributed by atoms with Crippen LogP contribution in [0.3, 0.4) is 0 Å². The lowest BCUT2D eigenvalue weighted by Crippen LogP contribution is -2.48. The van der Waals surface area contributed by atoms with Crippen molar-refractivity contribution in [2.75, 3.05) is 36.4 Å². The van der Waals surface area contributed by atoms with Gasteiger partial charge in [0.25, 0.3) is 5.91 Å². The number of halogens is 2. The summed E-state index contributed by atoms with van der Waals surface area (Å²) in [6.45, 7) is 3.95.